The van der Waals surface area contributed by atoms with Gasteiger partial charge in [-0.3, -0.25) is 14.5 Å². The molecule has 2 saturated heterocycles. The van der Waals surface area contributed by atoms with Crippen molar-refractivity contribution in [1.29, 1.82) is 0 Å². The number of para-hydroxylation sites is 2. The molecule has 0 bridgehead atoms. The van der Waals surface area contributed by atoms with E-state index >= 15 is 0 Å². The summed E-state index contributed by atoms with van der Waals surface area (Å²) in [6, 6.07) is 16.0. The summed E-state index contributed by atoms with van der Waals surface area (Å²) in [6.07, 6.45) is 4.42. The summed E-state index contributed by atoms with van der Waals surface area (Å²) < 4.78 is 0. The van der Waals surface area contributed by atoms with Crippen LogP contribution in [0.5, 0.6) is 0 Å². The van der Waals surface area contributed by atoms with Crippen LogP contribution in [0, 0.1) is 0 Å². The number of rotatable bonds is 4. The lowest BCUT2D eigenvalue weighted by Crippen LogP contribution is -2.70. The molecule has 3 aliphatic heterocycles. The van der Waals surface area contributed by atoms with Crippen LogP contribution in [0.2, 0.25) is 0 Å². The summed E-state index contributed by atoms with van der Waals surface area (Å²) in [6.45, 7) is 0. The van der Waals surface area contributed by atoms with Crippen LogP contribution >= 0.6 is 23.5 Å². The third kappa shape index (κ3) is 2.44. The van der Waals surface area contributed by atoms with Crippen LogP contribution in [-0.2, 0) is 21.4 Å². The number of thioether (sulfide) groups is 2. The molecule has 0 aliphatic carbocycles. The Morgan fingerprint density at radius 2 is 1.82 bits per heavy atom. The number of benzene rings is 2. The molecule has 3 N–H and O–H groups in total. The zero-order valence-corrected chi connectivity index (χ0v) is 20.7. The van der Waals surface area contributed by atoms with Crippen molar-refractivity contribution in [3.8, 4) is 0 Å². The Balaban J connectivity index is 1.60. The molecule has 1 aromatic heterocycles. The fourth-order valence-corrected chi connectivity index (χ4v) is 8.17. The Morgan fingerprint density at radius 3 is 2.59 bits per heavy atom. The lowest BCUT2D eigenvalue weighted by molar-refractivity contribution is -0.160. The highest BCUT2D eigenvalue weighted by Gasteiger charge is 2.76. The Bertz CT molecular complexity index is 1330. The molecule has 34 heavy (non-hydrogen) atoms. The predicted molar refractivity (Wildman–Crippen MR) is 137 cm³/mol. The van der Waals surface area contributed by atoms with Crippen molar-refractivity contribution in [2.45, 2.75) is 34.4 Å². The van der Waals surface area contributed by atoms with Gasteiger partial charge in [0.15, 0.2) is 10.2 Å². The van der Waals surface area contributed by atoms with Crippen LogP contribution < -0.4 is 5.32 Å². The monoisotopic (exact) mass is 494 g/mol. The third-order valence-electron chi connectivity index (χ3n) is 7.80. The maximum Gasteiger partial charge on any atom is 0.263 e. The van der Waals surface area contributed by atoms with Gasteiger partial charge in [-0.1, -0.05) is 36.4 Å². The number of nitrogens with one attached hydrogen (secondary N) is 2. The van der Waals surface area contributed by atoms with E-state index in [1.807, 2.05) is 54.9 Å². The van der Waals surface area contributed by atoms with Gasteiger partial charge in [-0.25, -0.2) is 0 Å². The van der Waals surface area contributed by atoms with E-state index in [9.17, 15) is 14.7 Å². The lowest BCUT2D eigenvalue weighted by atomic mass is 9.71. The fourth-order valence-electron chi connectivity index (χ4n) is 6.30. The summed E-state index contributed by atoms with van der Waals surface area (Å²) >= 11 is 2.59. The molecular weight excluding hydrogens is 468 g/mol. The first-order chi connectivity index (χ1) is 16.4. The molecule has 3 aromatic rings. The second-order valence-electron chi connectivity index (χ2n) is 9.18. The highest BCUT2D eigenvalue weighted by molar-refractivity contribution is 8.01. The number of anilines is 1. The Kier molecular flexibility index (Phi) is 4.79. The molecule has 176 valence electrons. The van der Waals surface area contributed by atoms with Gasteiger partial charge in [0.25, 0.3) is 11.8 Å². The number of hydrogen-bond acceptors (Lipinski definition) is 6. The Hall–Kier alpha value is -2.62. The molecule has 2 fully saturated rings. The summed E-state index contributed by atoms with van der Waals surface area (Å²) in [5, 5.41) is 16.2. The minimum absolute atomic E-state index is 0.158. The first-order valence-corrected chi connectivity index (χ1v) is 13.7. The van der Waals surface area contributed by atoms with Crippen LogP contribution in [0.3, 0.4) is 0 Å². The van der Waals surface area contributed by atoms with Gasteiger partial charge in [-0.05, 0) is 42.2 Å². The van der Waals surface area contributed by atoms with Crippen molar-refractivity contribution >= 4 is 51.9 Å². The van der Waals surface area contributed by atoms with E-state index in [-0.39, 0.29) is 11.8 Å². The number of likely N-dealkylation sites (N-methyl/N-ethyl adjacent to an activating group) is 1. The first kappa shape index (κ1) is 21.9. The number of aromatic amines is 1. The molecule has 6 rings (SSSR count). The summed E-state index contributed by atoms with van der Waals surface area (Å²) in [7, 11) is 1.66. The van der Waals surface area contributed by atoms with Crippen molar-refractivity contribution in [3.63, 3.8) is 0 Å². The van der Waals surface area contributed by atoms with E-state index < -0.39 is 27.9 Å². The minimum Gasteiger partial charge on any atom is -0.388 e. The number of H-pyrrole nitrogens is 1. The van der Waals surface area contributed by atoms with E-state index in [1.165, 1.54) is 28.4 Å². The number of hydrogen-bond donors (Lipinski definition) is 3. The van der Waals surface area contributed by atoms with Crippen LogP contribution in [0.1, 0.15) is 11.1 Å². The quantitative estimate of drug-likeness (QED) is 0.517. The molecule has 1 unspecified atom stereocenters. The van der Waals surface area contributed by atoms with E-state index in [4.69, 9.17) is 0 Å². The average Bonchev–Trinajstić information content (AvgIpc) is 3.47. The molecule has 2 amide bonds. The van der Waals surface area contributed by atoms with Crippen LogP contribution in [0.25, 0.3) is 10.9 Å². The van der Waals surface area contributed by atoms with E-state index in [2.05, 4.69) is 16.4 Å². The van der Waals surface area contributed by atoms with Gasteiger partial charge >= 0.3 is 0 Å². The third-order valence-corrected chi connectivity index (χ3v) is 9.98. The number of amides is 2. The number of carbonyl (C=O) groups is 2. The number of piperazine rings is 1. The largest absolute Gasteiger partial charge is 0.388 e. The molecule has 3 aliphatic rings. The number of nitrogens with zero attached hydrogens (tertiary/aromatic N) is 2. The molecule has 9 heteroatoms. The average molecular weight is 495 g/mol. The van der Waals surface area contributed by atoms with Gasteiger partial charge in [0.2, 0.25) is 0 Å². The zero-order chi connectivity index (χ0) is 23.8. The Labute approximate surface area is 206 Å². The van der Waals surface area contributed by atoms with Crippen LogP contribution in [-0.4, -0.2) is 73.8 Å². The number of carbonyl (C=O) groups excluding carboxylic acids is 2. The smallest absolute Gasteiger partial charge is 0.263 e. The molecule has 4 heterocycles. The Morgan fingerprint density at radius 1 is 1.09 bits per heavy atom. The molecule has 2 aromatic carbocycles. The van der Waals surface area contributed by atoms with Crippen molar-refractivity contribution in [2.24, 2.45) is 0 Å². The number of aliphatic hydroxyl groups is 1. The summed E-state index contributed by atoms with van der Waals surface area (Å²) in [5.74, 6) is -0.396. The molecule has 0 spiro atoms. The van der Waals surface area contributed by atoms with E-state index in [0.29, 0.717) is 6.42 Å². The van der Waals surface area contributed by atoms with Crippen molar-refractivity contribution < 1.29 is 14.7 Å². The molecule has 0 saturated carbocycles. The van der Waals surface area contributed by atoms with Gasteiger partial charge in [-0.15, -0.1) is 23.5 Å². The fraction of sp³-hybridized carbons (Fsp3) is 0.360. The standard InChI is InChI=1S/C25H26N4O3S2/c1-28-20(33-2)19(30)29-22-24(16-9-5-7-11-18(16)27-22,21(31)25(29,34-3)23(28)32)12-14-13-26-17-10-6-4-8-15(14)17/h4-11,13,20-22,26-27,31H,12H2,1-3H3/t20-,21?,22+,24-,25-/m0/s1. The van der Waals surface area contributed by atoms with E-state index in [1.54, 1.807) is 18.2 Å². The second-order valence-corrected chi connectivity index (χ2v) is 11.1. The number of aromatic nitrogens is 1. The van der Waals surface area contributed by atoms with Gasteiger partial charge in [0.05, 0.1) is 5.41 Å². The summed E-state index contributed by atoms with van der Waals surface area (Å²) in [5.41, 5.74) is 2.99. The summed E-state index contributed by atoms with van der Waals surface area (Å²) in [4.78, 5) is 32.9. The zero-order valence-electron chi connectivity index (χ0n) is 19.1. The SMILES string of the molecule is CS[C@H]1C(=O)N2[C@H]3Nc4ccccc4[C@@]3(Cc3c[nH]c4ccccc34)C(O)[C@]2(SC)C(=O)N1C. The topological polar surface area (TPSA) is 88.7 Å². The second kappa shape index (κ2) is 7.44. The molecule has 7 nitrogen and oxygen atoms in total. The highest BCUT2D eigenvalue weighted by atomic mass is 32.2. The maximum atomic E-state index is 13.9. The molecule has 5 atom stereocenters. The number of aliphatic hydroxyl groups excluding tert-OH is 1. The van der Waals surface area contributed by atoms with Crippen molar-refractivity contribution in [1.82, 2.24) is 14.8 Å². The maximum absolute atomic E-state index is 13.9. The molecular formula is C25H26N4O3S2. The minimum atomic E-state index is -1.41. The van der Waals surface area contributed by atoms with Crippen molar-refractivity contribution in [2.75, 3.05) is 24.9 Å². The normalized spacial score (nSPS) is 32.1. The van der Waals surface area contributed by atoms with Gasteiger partial charge in [0.1, 0.15) is 12.3 Å². The predicted octanol–water partition coefficient (Wildman–Crippen LogP) is 2.82. The van der Waals surface area contributed by atoms with Crippen molar-refractivity contribution in [3.05, 3.63) is 65.9 Å². The first-order valence-electron chi connectivity index (χ1n) is 11.2. The van der Waals surface area contributed by atoms with Gasteiger partial charge < -0.3 is 20.3 Å². The molecule has 0 radical (unpaired) electrons. The lowest BCUT2D eigenvalue weighted by Gasteiger charge is -2.48. The highest BCUT2D eigenvalue weighted by Crippen LogP contribution is 2.60. The van der Waals surface area contributed by atoms with E-state index in [0.717, 1.165) is 27.7 Å². The van der Waals surface area contributed by atoms with Crippen LogP contribution in [0.15, 0.2) is 54.7 Å². The number of fused-ring (bicyclic) bond motifs is 6. The van der Waals surface area contributed by atoms with Gasteiger partial charge in [0, 0.05) is 29.8 Å². The van der Waals surface area contributed by atoms with Crippen LogP contribution in [0.4, 0.5) is 5.69 Å². The van der Waals surface area contributed by atoms with Gasteiger partial charge in [-0.2, -0.15) is 0 Å².